The van der Waals surface area contributed by atoms with Gasteiger partial charge in [0, 0.05) is 25.1 Å². The lowest BCUT2D eigenvalue weighted by molar-refractivity contribution is 0.201. The highest BCUT2D eigenvalue weighted by Gasteiger charge is 2.19. The van der Waals surface area contributed by atoms with Crippen LogP contribution in [0.15, 0.2) is 0 Å². The van der Waals surface area contributed by atoms with Gasteiger partial charge >= 0.3 is 0 Å². The maximum absolute atomic E-state index is 8.91. The topological polar surface area (TPSA) is 60.7 Å². The maximum Gasteiger partial charge on any atom is 0.0441 e. The van der Waals surface area contributed by atoms with Gasteiger partial charge in [0.15, 0.2) is 0 Å². The molecule has 0 rings (SSSR count). The molecule has 1 atom stereocenters. The van der Waals surface area contributed by atoms with Gasteiger partial charge in [-0.3, -0.25) is 0 Å². The molecule has 4 heteroatoms. The van der Waals surface area contributed by atoms with Crippen molar-refractivity contribution in [2.24, 2.45) is 5.92 Å². The van der Waals surface area contributed by atoms with Crippen molar-refractivity contribution in [3.8, 4) is 0 Å². The number of rotatable bonds is 9. The Morgan fingerprint density at radius 1 is 0.929 bits per heavy atom. The third-order valence-electron chi connectivity index (χ3n) is 2.32. The Morgan fingerprint density at radius 2 is 1.43 bits per heavy atom. The van der Waals surface area contributed by atoms with Crippen LogP contribution < -0.4 is 0 Å². The third kappa shape index (κ3) is 5.86. The predicted octanol–water partition coefficient (Wildman–Crippen LogP) is 0.871. The van der Waals surface area contributed by atoms with Gasteiger partial charge in [0.25, 0.3) is 0 Å². The van der Waals surface area contributed by atoms with E-state index in [4.69, 9.17) is 15.3 Å². The zero-order valence-corrected chi connectivity index (χ0v) is 9.67. The smallest absolute Gasteiger partial charge is 0.0441 e. The summed E-state index contributed by atoms with van der Waals surface area (Å²) in [6.07, 6.45) is 2.19. The molecule has 0 saturated heterocycles. The van der Waals surface area contributed by atoms with Crippen molar-refractivity contribution in [1.29, 1.82) is 0 Å². The van der Waals surface area contributed by atoms with Crippen molar-refractivity contribution in [1.82, 2.24) is 0 Å². The first kappa shape index (κ1) is 14.2. The lowest BCUT2D eigenvalue weighted by atomic mass is 9.96. The van der Waals surface area contributed by atoms with Gasteiger partial charge in [-0.1, -0.05) is 6.92 Å². The van der Waals surface area contributed by atoms with Gasteiger partial charge in [0.05, 0.1) is 0 Å². The lowest BCUT2D eigenvalue weighted by Crippen LogP contribution is -2.21. The molecule has 3 nitrogen and oxygen atoms in total. The van der Waals surface area contributed by atoms with Crippen LogP contribution in [0, 0.1) is 5.92 Å². The highest BCUT2D eigenvalue weighted by atomic mass is 32.2. The molecule has 3 N–H and O–H groups in total. The molecule has 0 amide bonds. The molecule has 0 saturated carbocycles. The molecule has 0 aromatic carbocycles. The number of thioether (sulfide) groups is 1. The molecule has 86 valence electrons. The Balaban J connectivity index is 4.06. The van der Waals surface area contributed by atoms with E-state index in [1.165, 1.54) is 0 Å². The average molecular weight is 222 g/mol. The number of hydrogen-bond acceptors (Lipinski definition) is 4. The molecule has 0 aliphatic rings. The zero-order valence-electron chi connectivity index (χ0n) is 8.85. The van der Waals surface area contributed by atoms with Crippen LogP contribution in [-0.4, -0.2) is 46.1 Å². The summed E-state index contributed by atoms with van der Waals surface area (Å²) in [6.45, 7) is 2.60. The maximum atomic E-state index is 8.91. The normalized spacial score (nSPS) is 13.5. The fraction of sp³-hybridized carbons (Fsp3) is 1.00. The minimum Gasteiger partial charge on any atom is -0.396 e. The highest BCUT2D eigenvalue weighted by molar-refractivity contribution is 7.99. The van der Waals surface area contributed by atoms with E-state index in [0.29, 0.717) is 11.2 Å². The Hall–Kier alpha value is 0.230. The fourth-order valence-electron chi connectivity index (χ4n) is 1.64. The molecule has 0 fully saturated rings. The van der Waals surface area contributed by atoms with Crippen molar-refractivity contribution in [2.75, 3.05) is 25.6 Å². The number of aliphatic hydroxyl groups excluding tert-OH is 3. The highest BCUT2D eigenvalue weighted by Crippen LogP contribution is 2.27. The van der Waals surface area contributed by atoms with Crippen molar-refractivity contribution in [3.05, 3.63) is 0 Å². The Labute approximate surface area is 90.5 Å². The Bertz CT molecular complexity index is 95.9. The molecular weight excluding hydrogens is 200 g/mol. The van der Waals surface area contributed by atoms with E-state index in [1.54, 1.807) is 11.8 Å². The Kier molecular flexibility index (Phi) is 9.93. The van der Waals surface area contributed by atoms with Crippen LogP contribution in [0.25, 0.3) is 0 Å². The summed E-state index contributed by atoms with van der Waals surface area (Å²) in [5.41, 5.74) is 0. The van der Waals surface area contributed by atoms with E-state index in [0.717, 1.165) is 25.0 Å². The van der Waals surface area contributed by atoms with Crippen molar-refractivity contribution in [3.63, 3.8) is 0 Å². The first-order chi connectivity index (χ1) is 6.79. The summed E-state index contributed by atoms with van der Waals surface area (Å²) < 4.78 is 0. The van der Waals surface area contributed by atoms with Crippen LogP contribution in [-0.2, 0) is 0 Å². The summed E-state index contributed by atoms with van der Waals surface area (Å²) in [7, 11) is 0. The van der Waals surface area contributed by atoms with Crippen LogP contribution >= 0.6 is 11.8 Å². The van der Waals surface area contributed by atoms with Crippen LogP contribution in [0.4, 0.5) is 0 Å². The van der Waals surface area contributed by atoms with Gasteiger partial charge in [-0.25, -0.2) is 0 Å². The predicted molar refractivity (Wildman–Crippen MR) is 60.5 cm³/mol. The molecule has 0 aliphatic carbocycles. The third-order valence-corrected chi connectivity index (χ3v) is 3.70. The van der Waals surface area contributed by atoms with Gasteiger partial charge < -0.3 is 15.3 Å². The quantitative estimate of drug-likeness (QED) is 0.542. The molecule has 14 heavy (non-hydrogen) atoms. The molecule has 1 unspecified atom stereocenters. The second-order valence-electron chi connectivity index (χ2n) is 3.29. The largest absolute Gasteiger partial charge is 0.396 e. The monoisotopic (exact) mass is 222 g/mol. The molecule has 0 spiro atoms. The molecule has 0 aromatic rings. The number of aliphatic hydroxyl groups is 3. The van der Waals surface area contributed by atoms with E-state index >= 15 is 0 Å². The standard InChI is InChI=1S/C10H22O3S/c1-2-14-10(5-8-13)9(3-6-11)4-7-12/h9-13H,2-8H2,1H3. The molecule has 0 radical (unpaired) electrons. The van der Waals surface area contributed by atoms with Gasteiger partial charge in [-0.2, -0.15) is 11.8 Å². The van der Waals surface area contributed by atoms with Crippen LogP contribution in [0.3, 0.4) is 0 Å². The van der Waals surface area contributed by atoms with Gasteiger partial charge in [0.1, 0.15) is 0 Å². The van der Waals surface area contributed by atoms with E-state index in [1.807, 2.05) is 0 Å². The summed E-state index contributed by atoms with van der Waals surface area (Å²) >= 11 is 1.81. The summed E-state index contributed by atoms with van der Waals surface area (Å²) in [6, 6.07) is 0. The van der Waals surface area contributed by atoms with E-state index < -0.39 is 0 Å². The fourth-order valence-corrected chi connectivity index (χ4v) is 2.89. The lowest BCUT2D eigenvalue weighted by Gasteiger charge is -2.24. The van der Waals surface area contributed by atoms with E-state index in [-0.39, 0.29) is 19.8 Å². The van der Waals surface area contributed by atoms with Gasteiger partial charge in [0.2, 0.25) is 0 Å². The number of hydrogen-bond donors (Lipinski definition) is 3. The summed E-state index contributed by atoms with van der Waals surface area (Å²) in [5.74, 6) is 1.33. The van der Waals surface area contributed by atoms with E-state index in [2.05, 4.69) is 6.92 Å². The first-order valence-corrected chi connectivity index (χ1v) is 6.29. The second-order valence-corrected chi connectivity index (χ2v) is 4.81. The first-order valence-electron chi connectivity index (χ1n) is 5.24. The zero-order chi connectivity index (χ0) is 10.8. The minimum atomic E-state index is 0.164. The summed E-state index contributed by atoms with van der Waals surface area (Å²) in [5, 5.41) is 27.1. The van der Waals surface area contributed by atoms with Crippen molar-refractivity contribution in [2.45, 2.75) is 31.4 Å². The van der Waals surface area contributed by atoms with Crippen LogP contribution in [0.2, 0.25) is 0 Å². The molecule has 0 heterocycles. The molecule has 0 bridgehead atoms. The van der Waals surface area contributed by atoms with Crippen LogP contribution in [0.5, 0.6) is 0 Å². The average Bonchev–Trinajstić information content (AvgIpc) is 2.17. The van der Waals surface area contributed by atoms with Crippen LogP contribution in [0.1, 0.15) is 26.2 Å². The van der Waals surface area contributed by atoms with Gasteiger partial charge in [-0.15, -0.1) is 0 Å². The second kappa shape index (κ2) is 9.77. The van der Waals surface area contributed by atoms with Crippen molar-refractivity contribution >= 4 is 11.8 Å². The van der Waals surface area contributed by atoms with Crippen molar-refractivity contribution < 1.29 is 15.3 Å². The van der Waals surface area contributed by atoms with Gasteiger partial charge in [-0.05, 0) is 30.9 Å². The molecular formula is C10H22O3S. The van der Waals surface area contributed by atoms with E-state index in [9.17, 15) is 0 Å². The molecule has 0 aromatic heterocycles. The Morgan fingerprint density at radius 3 is 1.79 bits per heavy atom. The summed E-state index contributed by atoms with van der Waals surface area (Å²) in [4.78, 5) is 0. The minimum absolute atomic E-state index is 0.164. The molecule has 0 aliphatic heterocycles. The SMILES string of the molecule is CCSC(CCO)C(CCO)CCO.